The lowest BCUT2D eigenvalue weighted by molar-refractivity contribution is -0.136. The lowest BCUT2D eigenvalue weighted by Crippen LogP contribution is -2.03. The molecule has 0 radical (unpaired) electrons. The molecule has 9 heteroatoms. The first-order chi connectivity index (χ1) is 16.5. The van der Waals surface area contributed by atoms with Gasteiger partial charge < -0.3 is 10.8 Å². The molecule has 0 aliphatic rings. The Morgan fingerprint density at radius 1 is 1.00 bits per heavy atom. The fourth-order valence-electron chi connectivity index (χ4n) is 3.54. The van der Waals surface area contributed by atoms with Crippen molar-refractivity contribution in [2.24, 2.45) is 0 Å². The lowest BCUT2D eigenvalue weighted by atomic mass is 10.1. The normalized spacial score (nSPS) is 11.1. The van der Waals surface area contributed by atoms with Gasteiger partial charge >= 0.3 is 5.97 Å². The van der Waals surface area contributed by atoms with Crippen LogP contribution in [0.1, 0.15) is 5.56 Å². The molecule has 0 saturated heterocycles. The Bertz CT molecular complexity index is 1490. The maximum absolute atomic E-state index is 10.9. The zero-order chi connectivity index (χ0) is 23.7. The van der Waals surface area contributed by atoms with Crippen LogP contribution in [0.4, 0.5) is 5.82 Å². The summed E-state index contributed by atoms with van der Waals surface area (Å²) in [5.41, 5.74) is 11.4. The van der Waals surface area contributed by atoms with Crippen molar-refractivity contribution in [3.63, 3.8) is 0 Å². The highest BCUT2D eigenvalue weighted by atomic mass is 79.9. The fraction of sp³-hybridized carbons (Fsp3) is 0.0400. The Hall–Kier alpha value is -3.69. The number of pyridine rings is 1. The largest absolute Gasteiger partial charge is 0.481 e. The van der Waals surface area contributed by atoms with Crippen molar-refractivity contribution in [1.82, 2.24) is 19.6 Å². The third-order valence-electron chi connectivity index (χ3n) is 5.23. The molecule has 0 spiro atoms. The fourth-order valence-corrected chi connectivity index (χ4v) is 4.86. The van der Waals surface area contributed by atoms with Gasteiger partial charge in [0.2, 0.25) is 0 Å². The predicted octanol–water partition coefficient (Wildman–Crippen LogP) is 5.58. The molecule has 0 saturated carbocycles. The van der Waals surface area contributed by atoms with Crippen LogP contribution in [-0.4, -0.2) is 30.7 Å². The zero-order valence-corrected chi connectivity index (χ0v) is 20.1. The topological polar surface area (TPSA) is 106 Å². The number of carboxylic acid groups (broad SMARTS) is 1. The molecule has 0 aliphatic carbocycles. The number of benzene rings is 2. The number of carbonyl (C=O) groups is 1. The molecule has 0 fully saturated rings. The lowest BCUT2D eigenvalue weighted by Gasteiger charge is -2.09. The summed E-state index contributed by atoms with van der Waals surface area (Å²) in [7, 11) is 0. The molecule has 2 aromatic carbocycles. The average molecular weight is 532 g/mol. The van der Waals surface area contributed by atoms with E-state index < -0.39 is 5.97 Å². The first-order valence-corrected chi connectivity index (χ1v) is 11.9. The highest BCUT2D eigenvalue weighted by Crippen LogP contribution is 2.37. The number of aromatic nitrogens is 4. The van der Waals surface area contributed by atoms with Crippen LogP contribution in [0.5, 0.6) is 0 Å². The molecular formula is C25H18BrN5O2S. The molecule has 0 bridgehead atoms. The van der Waals surface area contributed by atoms with Crippen LogP contribution in [-0.2, 0) is 11.2 Å². The molecule has 0 unspecified atom stereocenters. The summed E-state index contributed by atoms with van der Waals surface area (Å²) in [6, 6.07) is 21.3. The Labute approximate surface area is 207 Å². The van der Waals surface area contributed by atoms with Gasteiger partial charge in [-0.2, -0.15) is 9.61 Å². The second-order valence-electron chi connectivity index (χ2n) is 7.52. The summed E-state index contributed by atoms with van der Waals surface area (Å²) in [5, 5.41) is 14.1. The maximum atomic E-state index is 10.9. The summed E-state index contributed by atoms with van der Waals surface area (Å²) in [6.45, 7) is 0. The quantitative estimate of drug-likeness (QED) is 0.275. The predicted molar refractivity (Wildman–Crippen MR) is 136 cm³/mol. The summed E-state index contributed by atoms with van der Waals surface area (Å²) in [6.07, 6.45) is 3.54. The Kier molecular flexibility index (Phi) is 6.04. The molecule has 0 amide bonds. The molecule has 5 rings (SSSR count). The van der Waals surface area contributed by atoms with Gasteiger partial charge in [-0.25, -0.2) is 4.98 Å². The van der Waals surface area contributed by atoms with Gasteiger partial charge in [-0.3, -0.25) is 9.78 Å². The molecule has 3 heterocycles. The number of nitrogens with two attached hydrogens (primary N) is 1. The van der Waals surface area contributed by atoms with Crippen molar-refractivity contribution < 1.29 is 9.90 Å². The van der Waals surface area contributed by atoms with E-state index in [1.54, 1.807) is 22.8 Å². The van der Waals surface area contributed by atoms with Crippen LogP contribution in [0, 0.1) is 0 Å². The van der Waals surface area contributed by atoms with E-state index in [9.17, 15) is 4.79 Å². The van der Waals surface area contributed by atoms with Gasteiger partial charge in [-0.1, -0.05) is 60.3 Å². The zero-order valence-electron chi connectivity index (χ0n) is 17.7. The average Bonchev–Trinajstić information content (AvgIpc) is 3.28. The molecule has 3 aromatic heterocycles. The first kappa shape index (κ1) is 22.1. The van der Waals surface area contributed by atoms with Crippen molar-refractivity contribution in [1.29, 1.82) is 0 Å². The molecular weight excluding hydrogens is 514 g/mol. The third-order valence-corrected chi connectivity index (χ3v) is 7.27. The Morgan fingerprint density at radius 2 is 1.76 bits per heavy atom. The SMILES string of the molecule is Nc1c(Br)c(Sc2ccc(CC(=O)O)cc2)nc2c(-c3ccc(-c4ccccc4)nc3)cnn12. The summed E-state index contributed by atoms with van der Waals surface area (Å²) < 4.78 is 2.25. The van der Waals surface area contributed by atoms with Crippen molar-refractivity contribution in [3.8, 4) is 22.4 Å². The Morgan fingerprint density at radius 3 is 2.44 bits per heavy atom. The second-order valence-corrected chi connectivity index (χ2v) is 9.38. The van der Waals surface area contributed by atoms with Gasteiger partial charge in [-0.15, -0.1) is 0 Å². The van der Waals surface area contributed by atoms with Gasteiger partial charge in [0.25, 0.3) is 0 Å². The minimum atomic E-state index is -0.859. The van der Waals surface area contributed by atoms with Crippen LogP contribution in [0.15, 0.2) is 93.5 Å². The van der Waals surface area contributed by atoms with Gasteiger partial charge in [0, 0.05) is 27.8 Å². The van der Waals surface area contributed by atoms with Crippen molar-refractivity contribution >= 4 is 45.1 Å². The first-order valence-electron chi connectivity index (χ1n) is 10.3. The monoisotopic (exact) mass is 531 g/mol. The van der Waals surface area contributed by atoms with E-state index in [2.05, 4.69) is 26.0 Å². The molecule has 168 valence electrons. The number of nitrogens with zero attached hydrogens (tertiary/aromatic N) is 4. The molecule has 7 nitrogen and oxygen atoms in total. The molecule has 0 atom stereocenters. The smallest absolute Gasteiger partial charge is 0.307 e. The van der Waals surface area contributed by atoms with E-state index in [1.165, 1.54) is 11.8 Å². The van der Waals surface area contributed by atoms with Gasteiger partial charge in [-0.05, 0) is 39.7 Å². The van der Waals surface area contributed by atoms with Crippen molar-refractivity contribution in [2.75, 3.05) is 5.73 Å². The molecule has 0 aliphatic heterocycles. The second kappa shape index (κ2) is 9.28. The van der Waals surface area contributed by atoms with Gasteiger partial charge in [0.15, 0.2) is 5.65 Å². The van der Waals surface area contributed by atoms with Crippen LogP contribution >= 0.6 is 27.7 Å². The van der Waals surface area contributed by atoms with E-state index >= 15 is 0 Å². The maximum Gasteiger partial charge on any atom is 0.307 e. The van der Waals surface area contributed by atoms with Crippen LogP contribution in [0.25, 0.3) is 28.0 Å². The van der Waals surface area contributed by atoms with E-state index in [1.807, 2.05) is 60.8 Å². The van der Waals surface area contributed by atoms with Crippen molar-refractivity contribution in [2.45, 2.75) is 16.3 Å². The number of carboxylic acids is 1. The van der Waals surface area contributed by atoms with Gasteiger partial charge in [0.1, 0.15) is 10.8 Å². The molecule has 34 heavy (non-hydrogen) atoms. The number of nitrogen functional groups attached to an aromatic ring is 1. The number of hydrogen-bond acceptors (Lipinski definition) is 6. The number of aliphatic carboxylic acids is 1. The van der Waals surface area contributed by atoms with Crippen LogP contribution in [0.2, 0.25) is 0 Å². The number of anilines is 1. The highest BCUT2D eigenvalue weighted by Gasteiger charge is 2.17. The van der Waals surface area contributed by atoms with E-state index in [4.69, 9.17) is 15.8 Å². The number of halogens is 1. The summed E-state index contributed by atoms with van der Waals surface area (Å²) in [5.74, 6) is -0.419. The van der Waals surface area contributed by atoms with Gasteiger partial charge in [0.05, 0.1) is 22.8 Å². The standard InChI is InChI=1S/C25H18BrN5O2S/c26-22-23(27)31-24(30-25(22)34-18-9-6-15(7-10-18)12-21(32)33)19(14-29-31)17-8-11-20(28-13-17)16-4-2-1-3-5-16/h1-11,13-14H,12,27H2,(H,32,33). The number of fused-ring (bicyclic) bond motifs is 1. The van der Waals surface area contributed by atoms with Crippen LogP contribution < -0.4 is 5.73 Å². The van der Waals surface area contributed by atoms with E-state index in [0.717, 1.165) is 32.8 Å². The van der Waals surface area contributed by atoms with E-state index in [-0.39, 0.29) is 6.42 Å². The third kappa shape index (κ3) is 4.40. The van der Waals surface area contributed by atoms with Crippen molar-refractivity contribution in [3.05, 3.63) is 89.2 Å². The van der Waals surface area contributed by atoms with Crippen LogP contribution in [0.3, 0.4) is 0 Å². The minimum absolute atomic E-state index is 0.0118. The Balaban J connectivity index is 1.49. The number of rotatable bonds is 6. The highest BCUT2D eigenvalue weighted by molar-refractivity contribution is 9.10. The molecule has 3 N–H and O–H groups in total. The summed E-state index contributed by atoms with van der Waals surface area (Å²) in [4.78, 5) is 21.3. The minimum Gasteiger partial charge on any atom is -0.481 e. The number of hydrogen-bond donors (Lipinski definition) is 2. The van der Waals surface area contributed by atoms with E-state index in [0.29, 0.717) is 21.0 Å². The molecule has 5 aromatic rings. The summed E-state index contributed by atoms with van der Waals surface area (Å²) >= 11 is 4.98.